The lowest BCUT2D eigenvalue weighted by Gasteiger charge is -2.14. The van der Waals surface area contributed by atoms with Crippen LogP contribution >= 0.6 is 0 Å². The van der Waals surface area contributed by atoms with Crippen molar-refractivity contribution in [3.63, 3.8) is 0 Å². The van der Waals surface area contributed by atoms with Gasteiger partial charge in [0.15, 0.2) is 0 Å². The molecule has 1 unspecified atom stereocenters. The molecule has 0 aromatic carbocycles. The van der Waals surface area contributed by atoms with E-state index in [9.17, 15) is 0 Å². The van der Waals surface area contributed by atoms with Gasteiger partial charge < -0.3 is 5.32 Å². The summed E-state index contributed by atoms with van der Waals surface area (Å²) < 4.78 is 0. The van der Waals surface area contributed by atoms with Crippen molar-refractivity contribution >= 4 is 5.69 Å². The van der Waals surface area contributed by atoms with Crippen molar-refractivity contribution in [1.29, 1.82) is 5.26 Å². The molecular weight excluding hydrogens is 186 g/mol. The zero-order valence-electron chi connectivity index (χ0n) is 9.33. The molecule has 0 spiro atoms. The molecule has 0 saturated carbocycles. The van der Waals surface area contributed by atoms with Crippen LogP contribution in [-0.4, -0.2) is 11.0 Å². The summed E-state index contributed by atoms with van der Waals surface area (Å²) in [7, 11) is 0. The van der Waals surface area contributed by atoms with E-state index in [0.29, 0.717) is 11.7 Å². The summed E-state index contributed by atoms with van der Waals surface area (Å²) >= 11 is 0. The molecule has 1 rings (SSSR count). The third-order valence-corrected chi connectivity index (χ3v) is 2.28. The Bertz CT molecular complexity index is 341. The molecule has 0 aliphatic heterocycles. The second kappa shape index (κ2) is 6.02. The van der Waals surface area contributed by atoms with Crippen LogP contribution in [0.5, 0.6) is 0 Å². The largest absolute Gasteiger partial charge is 0.382 e. The smallest absolute Gasteiger partial charge is 0.142 e. The van der Waals surface area contributed by atoms with Gasteiger partial charge in [0, 0.05) is 17.9 Å². The molecule has 0 bridgehead atoms. The van der Waals surface area contributed by atoms with Crippen molar-refractivity contribution in [1.82, 2.24) is 4.98 Å². The van der Waals surface area contributed by atoms with Crippen LogP contribution in [0.3, 0.4) is 0 Å². The third-order valence-electron chi connectivity index (χ3n) is 2.28. The standard InChI is InChI=1S/C12H17N3/c1-3-4-5-10(2)15-11-6-7-14-12(8-11)9-13/h6-8,10H,3-5H2,1-2H3,(H,14,15). The SMILES string of the molecule is CCCCC(C)Nc1ccnc(C#N)c1. The highest BCUT2D eigenvalue weighted by atomic mass is 14.9. The van der Waals surface area contributed by atoms with Crippen molar-refractivity contribution in [2.45, 2.75) is 39.2 Å². The molecule has 0 radical (unpaired) electrons. The van der Waals surface area contributed by atoms with Crippen molar-refractivity contribution in [3.05, 3.63) is 24.0 Å². The average molecular weight is 203 g/mol. The van der Waals surface area contributed by atoms with Crippen LogP contribution in [0.25, 0.3) is 0 Å². The minimum Gasteiger partial charge on any atom is -0.382 e. The number of hydrogen-bond donors (Lipinski definition) is 1. The van der Waals surface area contributed by atoms with E-state index in [-0.39, 0.29) is 0 Å². The van der Waals surface area contributed by atoms with Gasteiger partial charge in [-0.05, 0) is 25.5 Å². The lowest BCUT2D eigenvalue weighted by Crippen LogP contribution is -2.14. The van der Waals surface area contributed by atoms with Gasteiger partial charge in [-0.3, -0.25) is 0 Å². The van der Waals surface area contributed by atoms with E-state index >= 15 is 0 Å². The molecule has 0 aliphatic rings. The normalized spacial score (nSPS) is 11.8. The number of hydrogen-bond acceptors (Lipinski definition) is 3. The Labute approximate surface area is 91.1 Å². The number of unbranched alkanes of at least 4 members (excludes halogenated alkanes) is 1. The van der Waals surface area contributed by atoms with Gasteiger partial charge in [-0.15, -0.1) is 0 Å². The quantitative estimate of drug-likeness (QED) is 0.800. The second-order valence-corrected chi connectivity index (χ2v) is 3.73. The zero-order valence-corrected chi connectivity index (χ0v) is 9.33. The maximum atomic E-state index is 8.70. The van der Waals surface area contributed by atoms with Gasteiger partial charge in [-0.25, -0.2) is 4.98 Å². The first kappa shape index (κ1) is 11.5. The molecule has 15 heavy (non-hydrogen) atoms. The van der Waals surface area contributed by atoms with Crippen molar-refractivity contribution < 1.29 is 0 Å². The number of anilines is 1. The topological polar surface area (TPSA) is 48.7 Å². The Morgan fingerprint density at radius 3 is 3.07 bits per heavy atom. The van der Waals surface area contributed by atoms with Crippen molar-refractivity contribution in [2.24, 2.45) is 0 Å². The summed E-state index contributed by atoms with van der Waals surface area (Å²) in [6.07, 6.45) is 5.25. The first-order chi connectivity index (χ1) is 7.26. The van der Waals surface area contributed by atoms with Gasteiger partial charge >= 0.3 is 0 Å². The van der Waals surface area contributed by atoms with E-state index in [0.717, 1.165) is 12.1 Å². The van der Waals surface area contributed by atoms with Crippen molar-refractivity contribution in [3.8, 4) is 6.07 Å². The van der Waals surface area contributed by atoms with E-state index in [4.69, 9.17) is 5.26 Å². The van der Waals surface area contributed by atoms with Crippen molar-refractivity contribution in [2.75, 3.05) is 5.32 Å². The fraction of sp³-hybridized carbons (Fsp3) is 0.500. The number of nitrogens with one attached hydrogen (secondary N) is 1. The third kappa shape index (κ3) is 3.99. The molecule has 0 amide bonds. The number of rotatable bonds is 5. The monoisotopic (exact) mass is 203 g/mol. The molecule has 0 saturated heterocycles. The Morgan fingerprint density at radius 2 is 2.40 bits per heavy atom. The molecule has 1 aromatic heterocycles. The van der Waals surface area contributed by atoms with Gasteiger partial charge in [-0.2, -0.15) is 5.26 Å². The maximum absolute atomic E-state index is 8.70. The van der Waals surface area contributed by atoms with Gasteiger partial charge in [0.1, 0.15) is 11.8 Å². The number of nitrogens with zero attached hydrogens (tertiary/aromatic N) is 2. The van der Waals surface area contributed by atoms with E-state index in [1.165, 1.54) is 12.8 Å². The summed E-state index contributed by atoms with van der Waals surface area (Å²) in [5.41, 5.74) is 1.44. The molecule has 1 N–H and O–H groups in total. The van der Waals surface area contributed by atoms with E-state index in [1.807, 2.05) is 12.1 Å². The van der Waals surface area contributed by atoms with Crippen LogP contribution in [0.2, 0.25) is 0 Å². The van der Waals surface area contributed by atoms with Crippen LogP contribution < -0.4 is 5.32 Å². The van der Waals surface area contributed by atoms with E-state index in [2.05, 4.69) is 24.1 Å². The predicted octanol–water partition coefficient (Wildman–Crippen LogP) is 2.94. The lowest BCUT2D eigenvalue weighted by atomic mass is 10.1. The molecule has 3 heteroatoms. The van der Waals surface area contributed by atoms with E-state index in [1.54, 1.807) is 12.3 Å². The number of nitriles is 1. The van der Waals surface area contributed by atoms with Gasteiger partial charge in [0.05, 0.1) is 0 Å². The van der Waals surface area contributed by atoms with Gasteiger partial charge in [0.25, 0.3) is 0 Å². The molecule has 0 fully saturated rings. The summed E-state index contributed by atoms with van der Waals surface area (Å²) in [6.45, 7) is 4.34. The minimum absolute atomic E-state index is 0.443. The summed E-state index contributed by atoms with van der Waals surface area (Å²) in [4.78, 5) is 3.93. The highest BCUT2D eigenvalue weighted by Gasteiger charge is 2.01. The molecule has 1 heterocycles. The Morgan fingerprint density at radius 1 is 1.60 bits per heavy atom. The van der Waals surface area contributed by atoms with Crippen LogP contribution in [0.1, 0.15) is 38.8 Å². The Balaban J connectivity index is 2.53. The van der Waals surface area contributed by atoms with E-state index < -0.39 is 0 Å². The van der Waals surface area contributed by atoms with Crippen LogP contribution in [0.15, 0.2) is 18.3 Å². The molecule has 3 nitrogen and oxygen atoms in total. The molecule has 1 aromatic rings. The maximum Gasteiger partial charge on any atom is 0.142 e. The Hall–Kier alpha value is -1.56. The second-order valence-electron chi connectivity index (χ2n) is 3.73. The van der Waals surface area contributed by atoms with Crippen LogP contribution in [-0.2, 0) is 0 Å². The molecule has 1 atom stereocenters. The molecular formula is C12H17N3. The highest BCUT2D eigenvalue weighted by Crippen LogP contribution is 2.11. The highest BCUT2D eigenvalue weighted by molar-refractivity contribution is 5.46. The minimum atomic E-state index is 0.443. The number of aromatic nitrogens is 1. The number of pyridine rings is 1. The lowest BCUT2D eigenvalue weighted by molar-refractivity contribution is 0.645. The van der Waals surface area contributed by atoms with Crippen LogP contribution in [0, 0.1) is 11.3 Å². The summed E-state index contributed by atoms with van der Waals surface area (Å²) in [6, 6.07) is 6.15. The first-order valence-electron chi connectivity index (χ1n) is 5.39. The predicted molar refractivity (Wildman–Crippen MR) is 61.6 cm³/mol. The fourth-order valence-corrected chi connectivity index (χ4v) is 1.45. The van der Waals surface area contributed by atoms with Gasteiger partial charge in [-0.1, -0.05) is 19.8 Å². The molecule has 0 aliphatic carbocycles. The first-order valence-corrected chi connectivity index (χ1v) is 5.39. The average Bonchev–Trinajstić information content (AvgIpc) is 2.26. The summed E-state index contributed by atoms with van der Waals surface area (Å²) in [5, 5.41) is 12.1. The summed E-state index contributed by atoms with van der Waals surface area (Å²) in [5.74, 6) is 0. The van der Waals surface area contributed by atoms with Crippen LogP contribution in [0.4, 0.5) is 5.69 Å². The zero-order chi connectivity index (χ0) is 11.1. The van der Waals surface area contributed by atoms with Gasteiger partial charge in [0.2, 0.25) is 0 Å². The molecule has 80 valence electrons. The fourth-order valence-electron chi connectivity index (χ4n) is 1.45. The Kier molecular flexibility index (Phi) is 4.62.